The van der Waals surface area contributed by atoms with Gasteiger partial charge in [-0.25, -0.2) is 18.4 Å². The Morgan fingerprint density at radius 2 is 2.30 bits per heavy atom. The molecule has 0 bridgehead atoms. The highest BCUT2D eigenvalue weighted by Crippen LogP contribution is 2.41. The van der Waals surface area contributed by atoms with Crippen LogP contribution in [0.15, 0.2) is 30.9 Å². The number of hydrogen-bond acceptors (Lipinski definition) is 3. The van der Waals surface area contributed by atoms with E-state index in [0.717, 1.165) is 6.07 Å². The molecule has 0 spiro atoms. The van der Waals surface area contributed by atoms with Crippen LogP contribution in [0.4, 0.5) is 8.78 Å². The van der Waals surface area contributed by atoms with E-state index in [2.05, 4.69) is 10.1 Å². The highest BCUT2D eigenvalue weighted by molar-refractivity contribution is 5.26. The van der Waals surface area contributed by atoms with E-state index in [4.69, 9.17) is 4.74 Å². The summed E-state index contributed by atoms with van der Waals surface area (Å²) in [5, 5.41) is 4.05. The molecule has 0 radical (unpaired) electrons. The van der Waals surface area contributed by atoms with Gasteiger partial charge in [0.1, 0.15) is 29.9 Å². The van der Waals surface area contributed by atoms with Crippen molar-refractivity contribution < 1.29 is 13.5 Å². The number of ether oxygens (including phenoxy) is 1. The van der Waals surface area contributed by atoms with Crippen LogP contribution in [-0.2, 0) is 16.9 Å². The molecule has 0 N–H and O–H groups in total. The molecule has 1 aromatic heterocycles. The fourth-order valence-electron chi connectivity index (χ4n) is 2.80. The molecular formula is C14H15F2N3O. The minimum atomic E-state index is -0.815. The summed E-state index contributed by atoms with van der Waals surface area (Å²) in [6, 6.07) is 3.61. The van der Waals surface area contributed by atoms with Crippen LogP contribution in [0, 0.1) is 17.6 Å². The maximum Gasteiger partial charge on any atom is 0.137 e. The van der Waals surface area contributed by atoms with E-state index in [1.54, 1.807) is 11.0 Å². The van der Waals surface area contributed by atoms with Gasteiger partial charge in [-0.1, -0.05) is 13.0 Å². The van der Waals surface area contributed by atoms with Gasteiger partial charge in [0.15, 0.2) is 0 Å². The van der Waals surface area contributed by atoms with Gasteiger partial charge in [-0.05, 0) is 18.4 Å². The van der Waals surface area contributed by atoms with Crippen LogP contribution >= 0.6 is 0 Å². The van der Waals surface area contributed by atoms with E-state index in [-0.39, 0.29) is 0 Å². The summed E-state index contributed by atoms with van der Waals surface area (Å²) < 4.78 is 34.7. The van der Waals surface area contributed by atoms with Crippen molar-refractivity contribution in [3.63, 3.8) is 0 Å². The third-order valence-electron chi connectivity index (χ3n) is 3.63. The van der Waals surface area contributed by atoms with Crippen LogP contribution in [0.5, 0.6) is 0 Å². The quantitative estimate of drug-likeness (QED) is 0.866. The molecule has 20 heavy (non-hydrogen) atoms. The van der Waals surface area contributed by atoms with Crippen molar-refractivity contribution in [1.82, 2.24) is 14.8 Å². The standard InChI is InChI=1S/C14H15F2N3O/c1-10-5-14(20-6-10,7-19-9-17-8-18-19)12-3-2-11(15)4-13(12)16/h2-4,8-10H,5-7H2,1H3/t10-,14-/m0/s1. The zero-order valence-corrected chi connectivity index (χ0v) is 11.1. The Kier molecular flexibility index (Phi) is 3.25. The molecule has 1 aliphatic rings. The topological polar surface area (TPSA) is 39.9 Å². The molecule has 4 nitrogen and oxygen atoms in total. The molecule has 1 aromatic carbocycles. The van der Waals surface area contributed by atoms with Gasteiger partial charge < -0.3 is 4.74 Å². The molecule has 0 aliphatic carbocycles. The van der Waals surface area contributed by atoms with Gasteiger partial charge in [0.2, 0.25) is 0 Å². The van der Waals surface area contributed by atoms with Crippen LogP contribution in [-0.4, -0.2) is 21.4 Å². The van der Waals surface area contributed by atoms with Crippen molar-refractivity contribution in [2.45, 2.75) is 25.5 Å². The number of halogens is 2. The van der Waals surface area contributed by atoms with Gasteiger partial charge in [-0.15, -0.1) is 0 Å². The van der Waals surface area contributed by atoms with E-state index in [0.29, 0.717) is 31.1 Å². The van der Waals surface area contributed by atoms with E-state index < -0.39 is 17.2 Å². The van der Waals surface area contributed by atoms with Gasteiger partial charge >= 0.3 is 0 Å². The summed E-state index contributed by atoms with van der Waals surface area (Å²) in [6.45, 7) is 2.95. The minimum absolute atomic E-state index is 0.308. The molecule has 106 valence electrons. The van der Waals surface area contributed by atoms with E-state index in [1.165, 1.54) is 18.5 Å². The van der Waals surface area contributed by atoms with Crippen LogP contribution in [0.25, 0.3) is 0 Å². The normalized spacial score (nSPS) is 26.1. The van der Waals surface area contributed by atoms with Crippen molar-refractivity contribution in [3.05, 3.63) is 48.1 Å². The maximum absolute atomic E-state index is 14.1. The number of rotatable bonds is 3. The predicted octanol–water partition coefficient (Wildman–Crippen LogP) is 2.51. The largest absolute Gasteiger partial charge is 0.368 e. The highest BCUT2D eigenvalue weighted by Gasteiger charge is 2.43. The molecule has 2 aromatic rings. The second kappa shape index (κ2) is 4.94. The molecule has 1 aliphatic heterocycles. The molecular weight excluding hydrogens is 264 g/mol. The average molecular weight is 279 g/mol. The molecule has 0 amide bonds. The molecule has 1 fully saturated rings. The Labute approximate surface area is 115 Å². The van der Waals surface area contributed by atoms with Crippen molar-refractivity contribution in [2.24, 2.45) is 5.92 Å². The van der Waals surface area contributed by atoms with E-state index in [9.17, 15) is 8.78 Å². The molecule has 1 saturated heterocycles. The molecule has 2 atom stereocenters. The molecule has 6 heteroatoms. The Morgan fingerprint density at radius 1 is 1.45 bits per heavy atom. The summed E-state index contributed by atoms with van der Waals surface area (Å²) in [7, 11) is 0. The van der Waals surface area contributed by atoms with Gasteiger partial charge in [-0.2, -0.15) is 5.10 Å². The number of aromatic nitrogens is 3. The minimum Gasteiger partial charge on any atom is -0.368 e. The van der Waals surface area contributed by atoms with E-state index >= 15 is 0 Å². The summed E-state index contributed by atoms with van der Waals surface area (Å²) in [5.41, 5.74) is -0.441. The molecule has 0 unspecified atom stereocenters. The van der Waals surface area contributed by atoms with E-state index in [1.807, 2.05) is 6.92 Å². The average Bonchev–Trinajstić information content (AvgIpc) is 3.00. The SMILES string of the molecule is C[C@@H]1CO[C@@](Cn2cncn2)(c2ccc(F)cc2F)C1. The van der Waals surface area contributed by atoms with Crippen LogP contribution in [0.2, 0.25) is 0 Å². The van der Waals surface area contributed by atoms with Gasteiger partial charge in [-0.3, -0.25) is 0 Å². The molecule has 3 rings (SSSR count). The van der Waals surface area contributed by atoms with Crippen molar-refractivity contribution >= 4 is 0 Å². The Hall–Kier alpha value is -1.82. The molecule has 2 heterocycles. The van der Waals surface area contributed by atoms with Crippen molar-refractivity contribution in [2.75, 3.05) is 6.61 Å². The number of benzene rings is 1. The third-order valence-corrected chi connectivity index (χ3v) is 3.63. The Balaban J connectivity index is 2.01. The first-order valence-electron chi connectivity index (χ1n) is 6.51. The first kappa shape index (κ1) is 13.2. The predicted molar refractivity (Wildman–Crippen MR) is 67.8 cm³/mol. The lowest BCUT2D eigenvalue weighted by Gasteiger charge is -2.29. The monoisotopic (exact) mass is 279 g/mol. The smallest absolute Gasteiger partial charge is 0.137 e. The number of hydrogen-bond donors (Lipinski definition) is 0. The fourth-order valence-corrected chi connectivity index (χ4v) is 2.80. The highest BCUT2D eigenvalue weighted by atomic mass is 19.1. The Bertz CT molecular complexity index is 602. The number of nitrogens with zero attached hydrogens (tertiary/aromatic N) is 3. The van der Waals surface area contributed by atoms with Gasteiger partial charge in [0.25, 0.3) is 0 Å². The third kappa shape index (κ3) is 2.31. The first-order chi connectivity index (χ1) is 9.59. The lowest BCUT2D eigenvalue weighted by atomic mass is 9.87. The fraction of sp³-hybridized carbons (Fsp3) is 0.429. The second-order valence-electron chi connectivity index (χ2n) is 5.33. The lowest BCUT2D eigenvalue weighted by molar-refractivity contribution is -0.0203. The second-order valence-corrected chi connectivity index (χ2v) is 5.33. The summed E-state index contributed by atoms with van der Waals surface area (Å²) in [4.78, 5) is 3.89. The van der Waals surface area contributed by atoms with Crippen LogP contribution in [0.1, 0.15) is 18.9 Å². The van der Waals surface area contributed by atoms with Crippen molar-refractivity contribution in [1.29, 1.82) is 0 Å². The maximum atomic E-state index is 14.1. The first-order valence-corrected chi connectivity index (χ1v) is 6.51. The summed E-state index contributed by atoms with van der Waals surface area (Å²) in [5.74, 6) is -0.865. The van der Waals surface area contributed by atoms with Crippen molar-refractivity contribution in [3.8, 4) is 0 Å². The van der Waals surface area contributed by atoms with Crippen LogP contribution in [0.3, 0.4) is 0 Å². The van der Waals surface area contributed by atoms with Gasteiger partial charge in [0, 0.05) is 11.6 Å². The summed E-state index contributed by atoms with van der Waals surface area (Å²) >= 11 is 0. The Morgan fingerprint density at radius 3 is 2.90 bits per heavy atom. The lowest BCUT2D eigenvalue weighted by Crippen LogP contribution is -2.32. The van der Waals surface area contributed by atoms with Gasteiger partial charge in [0.05, 0.1) is 13.2 Å². The van der Waals surface area contributed by atoms with Crippen LogP contribution < -0.4 is 0 Å². The zero-order chi connectivity index (χ0) is 14.2. The zero-order valence-electron chi connectivity index (χ0n) is 11.1. The molecule has 0 saturated carbocycles. The summed E-state index contributed by atoms with van der Waals surface area (Å²) in [6.07, 6.45) is 3.65.